The summed E-state index contributed by atoms with van der Waals surface area (Å²) in [6.45, 7) is 1.67. The first kappa shape index (κ1) is 20.1. The fourth-order valence-electron chi connectivity index (χ4n) is 3.26. The van der Waals surface area contributed by atoms with E-state index >= 15 is 0 Å². The third-order valence-corrected chi connectivity index (χ3v) is 6.09. The number of halogens is 2. The molecule has 0 aliphatic carbocycles. The molecule has 0 bridgehead atoms. The molecule has 7 heteroatoms. The highest BCUT2D eigenvalue weighted by Crippen LogP contribution is 2.42. The fourth-order valence-corrected chi connectivity index (χ4v) is 4.43. The van der Waals surface area contributed by atoms with Crippen LogP contribution in [-0.4, -0.2) is 17.6 Å². The van der Waals surface area contributed by atoms with Crippen molar-refractivity contribution in [1.29, 1.82) is 0 Å². The van der Waals surface area contributed by atoms with E-state index in [2.05, 4.69) is 5.32 Å². The Morgan fingerprint density at radius 3 is 2.47 bits per heavy atom. The maximum Gasteiger partial charge on any atom is 0.258 e. The highest BCUT2D eigenvalue weighted by molar-refractivity contribution is 8.00. The Morgan fingerprint density at radius 1 is 1.03 bits per heavy atom. The van der Waals surface area contributed by atoms with Crippen molar-refractivity contribution in [1.82, 2.24) is 0 Å². The van der Waals surface area contributed by atoms with Crippen molar-refractivity contribution >= 4 is 35.0 Å². The molecule has 1 N–H and O–H groups in total. The maximum atomic E-state index is 14.0. The fraction of sp³-hybridized carbons (Fsp3) is 0.130. The monoisotopic (exact) mass is 424 g/mol. The van der Waals surface area contributed by atoms with Crippen molar-refractivity contribution < 1.29 is 18.4 Å². The lowest BCUT2D eigenvalue weighted by Crippen LogP contribution is -2.28. The summed E-state index contributed by atoms with van der Waals surface area (Å²) >= 11 is 1.45. The van der Waals surface area contributed by atoms with Crippen molar-refractivity contribution in [2.24, 2.45) is 0 Å². The summed E-state index contributed by atoms with van der Waals surface area (Å²) < 4.78 is 27.8. The van der Waals surface area contributed by atoms with Gasteiger partial charge in [0.2, 0.25) is 5.91 Å². The molecule has 0 aromatic heterocycles. The largest absolute Gasteiger partial charge is 0.322 e. The standard InChI is InChI=1S/C23H18F2N2O2S/c1-14-6-11-17(12-20(14)25)27-21(28)13-30-23(27)15-7-9-16(10-8-15)26-22(29)18-4-2-3-5-19(18)24/h2-12,23H,13H2,1H3,(H,26,29). The molecule has 1 aliphatic heterocycles. The van der Waals surface area contributed by atoms with E-state index in [0.29, 0.717) is 22.7 Å². The summed E-state index contributed by atoms with van der Waals surface area (Å²) in [4.78, 5) is 26.3. The van der Waals surface area contributed by atoms with Crippen LogP contribution in [0, 0.1) is 18.6 Å². The van der Waals surface area contributed by atoms with Crippen LogP contribution in [0.25, 0.3) is 0 Å². The predicted molar refractivity (Wildman–Crippen MR) is 115 cm³/mol. The molecule has 3 aromatic carbocycles. The molecule has 1 aliphatic rings. The molecular formula is C23H18F2N2O2S. The maximum absolute atomic E-state index is 14.0. The van der Waals surface area contributed by atoms with E-state index in [4.69, 9.17) is 0 Å². The average Bonchev–Trinajstić information content (AvgIpc) is 3.12. The van der Waals surface area contributed by atoms with Crippen LogP contribution >= 0.6 is 11.8 Å². The average molecular weight is 424 g/mol. The van der Waals surface area contributed by atoms with Crippen LogP contribution in [0.2, 0.25) is 0 Å². The van der Waals surface area contributed by atoms with Gasteiger partial charge in [0.25, 0.3) is 5.91 Å². The van der Waals surface area contributed by atoms with Gasteiger partial charge in [0, 0.05) is 11.4 Å². The van der Waals surface area contributed by atoms with Gasteiger partial charge in [-0.05, 0) is 54.4 Å². The molecule has 1 heterocycles. The highest BCUT2D eigenvalue weighted by atomic mass is 32.2. The Balaban J connectivity index is 1.54. The zero-order valence-corrected chi connectivity index (χ0v) is 16.9. The Morgan fingerprint density at radius 2 is 1.77 bits per heavy atom. The quantitative estimate of drug-likeness (QED) is 0.618. The molecule has 0 saturated carbocycles. The highest BCUT2D eigenvalue weighted by Gasteiger charge is 2.34. The van der Waals surface area contributed by atoms with Gasteiger partial charge < -0.3 is 5.32 Å². The van der Waals surface area contributed by atoms with Gasteiger partial charge in [0.15, 0.2) is 0 Å². The summed E-state index contributed by atoms with van der Waals surface area (Å²) in [5, 5.41) is 2.37. The van der Waals surface area contributed by atoms with Gasteiger partial charge in [0.1, 0.15) is 17.0 Å². The number of nitrogens with one attached hydrogen (secondary N) is 1. The zero-order valence-electron chi connectivity index (χ0n) is 16.1. The van der Waals surface area contributed by atoms with Crippen LogP contribution < -0.4 is 10.2 Å². The van der Waals surface area contributed by atoms with Crippen LogP contribution in [0.5, 0.6) is 0 Å². The number of hydrogen-bond acceptors (Lipinski definition) is 3. The number of hydrogen-bond donors (Lipinski definition) is 1. The zero-order chi connectivity index (χ0) is 21.3. The number of nitrogens with zero attached hydrogens (tertiary/aromatic N) is 1. The Bertz CT molecular complexity index is 1120. The number of amides is 2. The number of rotatable bonds is 4. The number of benzene rings is 3. The van der Waals surface area contributed by atoms with Gasteiger partial charge in [-0.15, -0.1) is 11.8 Å². The smallest absolute Gasteiger partial charge is 0.258 e. The summed E-state index contributed by atoms with van der Waals surface area (Å²) in [6.07, 6.45) is 0. The summed E-state index contributed by atoms with van der Waals surface area (Å²) in [7, 11) is 0. The minimum atomic E-state index is -0.589. The molecule has 1 atom stereocenters. The molecular weight excluding hydrogens is 406 g/mol. The third-order valence-electron chi connectivity index (χ3n) is 4.87. The summed E-state index contributed by atoms with van der Waals surface area (Å²) in [6, 6.07) is 17.5. The first-order chi connectivity index (χ1) is 14.4. The molecule has 3 aromatic rings. The third kappa shape index (κ3) is 3.93. The molecule has 30 heavy (non-hydrogen) atoms. The molecule has 1 unspecified atom stereocenters. The van der Waals surface area contributed by atoms with Crippen LogP contribution in [-0.2, 0) is 4.79 Å². The van der Waals surface area contributed by atoms with E-state index in [9.17, 15) is 18.4 Å². The molecule has 0 radical (unpaired) electrons. The van der Waals surface area contributed by atoms with E-state index in [1.165, 1.54) is 36.0 Å². The lowest BCUT2D eigenvalue weighted by Gasteiger charge is -2.25. The van der Waals surface area contributed by atoms with E-state index < -0.39 is 11.7 Å². The van der Waals surface area contributed by atoms with E-state index in [1.807, 2.05) is 0 Å². The first-order valence-electron chi connectivity index (χ1n) is 9.29. The van der Waals surface area contributed by atoms with E-state index in [1.54, 1.807) is 54.3 Å². The van der Waals surface area contributed by atoms with Crippen molar-refractivity contribution in [3.63, 3.8) is 0 Å². The Labute approximate surface area is 176 Å². The number of carbonyl (C=O) groups is 2. The Kier molecular flexibility index (Phi) is 5.55. The lowest BCUT2D eigenvalue weighted by molar-refractivity contribution is -0.115. The van der Waals surface area contributed by atoms with Crippen molar-refractivity contribution in [2.45, 2.75) is 12.3 Å². The van der Waals surface area contributed by atoms with Crippen molar-refractivity contribution in [2.75, 3.05) is 16.0 Å². The van der Waals surface area contributed by atoms with Crippen LogP contribution in [0.1, 0.15) is 26.9 Å². The summed E-state index contributed by atoms with van der Waals surface area (Å²) in [5.41, 5.74) is 2.34. The molecule has 4 rings (SSSR count). The van der Waals surface area contributed by atoms with E-state index in [0.717, 1.165) is 5.56 Å². The minimum Gasteiger partial charge on any atom is -0.322 e. The second-order valence-electron chi connectivity index (χ2n) is 6.92. The summed E-state index contributed by atoms with van der Waals surface area (Å²) in [5.74, 6) is -1.28. The normalized spacial score (nSPS) is 16.0. The van der Waals surface area contributed by atoms with Gasteiger partial charge in [-0.1, -0.05) is 30.3 Å². The Hall–Kier alpha value is -3.19. The minimum absolute atomic E-state index is 0.0360. The molecule has 0 spiro atoms. The topological polar surface area (TPSA) is 49.4 Å². The van der Waals surface area contributed by atoms with Gasteiger partial charge in [-0.25, -0.2) is 8.78 Å². The lowest BCUT2D eigenvalue weighted by atomic mass is 10.1. The molecule has 4 nitrogen and oxygen atoms in total. The predicted octanol–water partition coefficient (Wildman–Crippen LogP) is 5.30. The van der Waals surface area contributed by atoms with Crippen LogP contribution in [0.3, 0.4) is 0 Å². The van der Waals surface area contributed by atoms with Gasteiger partial charge in [-0.3, -0.25) is 14.5 Å². The number of carbonyl (C=O) groups excluding carboxylic acids is 2. The second-order valence-corrected chi connectivity index (χ2v) is 7.99. The number of aryl methyl sites for hydroxylation is 1. The van der Waals surface area contributed by atoms with Crippen molar-refractivity contribution in [3.8, 4) is 0 Å². The molecule has 1 fully saturated rings. The number of anilines is 2. The molecule has 1 saturated heterocycles. The number of thioether (sulfide) groups is 1. The van der Waals surface area contributed by atoms with Gasteiger partial charge in [0.05, 0.1) is 11.3 Å². The SMILES string of the molecule is Cc1ccc(N2C(=O)CSC2c2ccc(NC(=O)c3ccccc3F)cc2)cc1F. The molecule has 2 amide bonds. The second kappa shape index (κ2) is 8.28. The van der Waals surface area contributed by atoms with Crippen molar-refractivity contribution in [3.05, 3.63) is 95.1 Å². The first-order valence-corrected chi connectivity index (χ1v) is 10.3. The van der Waals surface area contributed by atoms with Gasteiger partial charge in [-0.2, -0.15) is 0 Å². The van der Waals surface area contributed by atoms with Crippen LogP contribution in [0.15, 0.2) is 66.7 Å². The molecule has 152 valence electrons. The van der Waals surface area contributed by atoms with E-state index in [-0.39, 0.29) is 22.7 Å². The van der Waals surface area contributed by atoms with Gasteiger partial charge >= 0.3 is 0 Å². The van der Waals surface area contributed by atoms with Crippen LogP contribution in [0.4, 0.5) is 20.2 Å².